The summed E-state index contributed by atoms with van der Waals surface area (Å²) in [7, 11) is 0. The predicted molar refractivity (Wildman–Crippen MR) is 104 cm³/mol. The number of hydrogen-bond acceptors (Lipinski definition) is 3. The van der Waals surface area contributed by atoms with E-state index in [-0.39, 0.29) is 0 Å². The van der Waals surface area contributed by atoms with E-state index in [0.29, 0.717) is 0 Å². The second kappa shape index (κ2) is 6.91. The van der Waals surface area contributed by atoms with Gasteiger partial charge in [-0.05, 0) is 42.2 Å². The molecule has 1 aliphatic rings. The Morgan fingerprint density at radius 2 is 1.71 bits per heavy atom. The van der Waals surface area contributed by atoms with Gasteiger partial charge in [-0.2, -0.15) is 0 Å². The first-order valence-electron chi connectivity index (χ1n) is 8.50. The van der Waals surface area contributed by atoms with E-state index in [1.165, 1.54) is 27.0 Å². The number of rotatable bonds is 4. The number of benzene rings is 2. The van der Waals surface area contributed by atoms with Gasteiger partial charge in [0.1, 0.15) is 0 Å². The first-order valence-corrected chi connectivity index (χ1v) is 9.72. The molecule has 4 rings (SSSR count). The number of anilines is 1. The first-order chi connectivity index (χ1) is 11.8. The van der Waals surface area contributed by atoms with Crippen molar-refractivity contribution >= 4 is 28.4 Å². The second-order valence-corrected chi connectivity index (χ2v) is 7.20. The fraction of sp³-hybridized carbons (Fsp3) is 0.300. The molecule has 4 heteroatoms. The van der Waals surface area contributed by atoms with E-state index in [9.17, 15) is 0 Å². The van der Waals surface area contributed by atoms with Crippen molar-refractivity contribution in [2.75, 3.05) is 37.3 Å². The van der Waals surface area contributed by atoms with Crippen LogP contribution in [-0.4, -0.2) is 42.3 Å². The van der Waals surface area contributed by atoms with Crippen LogP contribution >= 0.6 is 11.8 Å². The third-order valence-corrected chi connectivity index (χ3v) is 5.62. The second-order valence-electron chi connectivity index (χ2n) is 6.32. The fourth-order valence-corrected chi connectivity index (χ4v) is 3.87. The molecule has 0 amide bonds. The van der Waals surface area contributed by atoms with Crippen molar-refractivity contribution in [3.8, 4) is 0 Å². The highest BCUT2D eigenvalue weighted by Crippen LogP contribution is 2.23. The summed E-state index contributed by atoms with van der Waals surface area (Å²) < 4.78 is 0. The van der Waals surface area contributed by atoms with Gasteiger partial charge < -0.3 is 9.88 Å². The van der Waals surface area contributed by atoms with Gasteiger partial charge in [-0.1, -0.05) is 18.2 Å². The molecule has 0 aliphatic carbocycles. The van der Waals surface area contributed by atoms with Gasteiger partial charge in [0.25, 0.3) is 0 Å². The summed E-state index contributed by atoms with van der Waals surface area (Å²) in [5.74, 6) is 0. The van der Waals surface area contributed by atoms with Gasteiger partial charge in [0, 0.05) is 60.4 Å². The van der Waals surface area contributed by atoms with Crippen LogP contribution in [0, 0.1) is 0 Å². The number of nitrogens with one attached hydrogen (secondary N) is 1. The van der Waals surface area contributed by atoms with Crippen molar-refractivity contribution in [2.45, 2.75) is 11.4 Å². The van der Waals surface area contributed by atoms with E-state index in [0.717, 1.165) is 32.7 Å². The van der Waals surface area contributed by atoms with Crippen molar-refractivity contribution in [3.05, 3.63) is 60.3 Å². The molecular formula is C20H23N3S. The Labute approximate surface area is 147 Å². The summed E-state index contributed by atoms with van der Waals surface area (Å²) in [5, 5.41) is 1.35. The van der Waals surface area contributed by atoms with Gasteiger partial charge in [0.05, 0.1) is 0 Å². The van der Waals surface area contributed by atoms with Crippen LogP contribution in [0.3, 0.4) is 0 Å². The minimum atomic E-state index is 1.03. The van der Waals surface area contributed by atoms with Gasteiger partial charge in [0.2, 0.25) is 0 Å². The molecule has 0 saturated carbocycles. The van der Waals surface area contributed by atoms with Crippen molar-refractivity contribution in [3.63, 3.8) is 0 Å². The Morgan fingerprint density at radius 3 is 2.46 bits per heavy atom. The zero-order valence-electron chi connectivity index (χ0n) is 14.0. The lowest BCUT2D eigenvalue weighted by Crippen LogP contribution is -2.45. The fourth-order valence-electron chi connectivity index (χ4n) is 3.46. The molecule has 124 valence electrons. The highest BCUT2D eigenvalue weighted by Gasteiger charge is 2.18. The number of piperazine rings is 1. The highest BCUT2D eigenvalue weighted by molar-refractivity contribution is 7.98. The number of aromatic amines is 1. The minimum absolute atomic E-state index is 1.03. The lowest BCUT2D eigenvalue weighted by Gasteiger charge is -2.36. The summed E-state index contributed by atoms with van der Waals surface area (Å²) in [6, 6.07) is 17.5. The Balaban J connectivity index is 1.39. The Kier molecular flexibility index (Phi) is 4.50. The normalized spacial score (nSPS) is 16.0. The summed E-state index contributed by atoms with van der Waals surface area (Å²) in [6.45, 7) is 5.46. The summed E-state index contributed by atoms with van der Waals surface area (Å²) >= 11 is 1.80. The molecule has 1 aromatic heterocycles. The average molecular weight is 337 g/mol. The summed E-state index contributed by atoms with van der Waals surface area (Å²) in [5.41, 5.74) is 3.99. The van der Waals surface area contributed by atoms with Crippen LogP contribution < -0.4 is 4.90 Å². The maximum Gasteiger partial charge on any atom is 0.0457 e. The Hall–Kier alpha value is -1.91. The van der Waals surface area contributed by atoms with Crippen LogP contribution in [0.1, 0.15) is 5.56 Å². The molecule has 0 radical (unpaired) electrons. The molecule has 1 saturated heterocycles. The highest BCUT2D eigenvalue weighted by atomic mass is 32.2. The molecule has 0 unspecified atom stereocenters. The smallest absolute Gasteiger partial charge is 0.0457 e. The SMILES string of the molecule is CSc1ccc(N2CCN(Cc3c[nH]c4ccccc34)CC2)cc1. The molecule has 3 aromatic rings. The number of H-pyrrole nitrogens is 1. The number of para-hydroxylation sites is 1. The van der Waals surface area contributed by atoms with Crippen LogP contribution in [0.5, 0.6) is 0 Å². The summed E-state index contributed by atoms with van der Waals surface area (Å²) in [6.07, 6.45) is 4.29. The molecule has 0 spiro atoms. The van der Waals surface area contributed by atoms with Crippen molar-refractivity contribution in [2.24, 2.45) is 0 Å². The van der Waals surface area contributed by atoms with Crippen molar-refractivity contribution < 1.29 is 0 Å². The van der Waals surface area contributed by atoms with Crippen LogP contribution in [0.25, 0.3) is 10.9 Å². The van der Waals surface area contributed by atoms with E-state index in [1.807, 2.05) is 0 Å². The molecule has 1 N–H and O–H groups in total. The van der Waals surface area contributed by atoms with Gasteiger partial charge in [-0.15, -0.1) is 11.8 Å². The van der Waals surface area contributed by atoms with Crippen LogP contribution in [0.2, 0.25) is 0 Å². The zero-order chi connectivity index (χ0) is 16.4. The molecular weight excluding hydrogens is 314 g/mol. The molecule has 3 nitrogen and oxygen atoms in total. The van der Waals surface area contributed by atoms with Gasteiger partial charge in [0.15, 0.2) is 0 Å². The lowest BCUT2D eigenvalue weighted by atomic mass is 10.1. The van der Waals surface area contributed by atoms with Crippen LogP contribution in [0.15, 0.2) is 59.6 Å². The standard InChI is InChI=1S/C20H23N3S/c1-24-18-8-6-17(7-9-18)23-12-10-22(11-13-23)15-16-14-21-20-5-3-2-4-19(16)20/h2-9,14,21H,10-13,15H2,1H3. The third-order valence-electron chi connectivity index (χ3n) is 4.88. The van der Waals surface area contributed by atoms with E-state index in [2.05, 4.69) is 75.8 Å². The first kappa shape index (κ1) is 15.6. The van der Waals surface area contributed by atoms with Crippen LogP contribution in [0.4, 0.5) is 5.69 Å². The maximum atomic E-state index is 3.38. The third kappa shape index (κ3) is 3.17. The van der Waals surface area contributed by atoms with E-state index < -0.39 is 0 Å². The Morgan fingerprint density at radius 1 is 0.958 bits per heavy atom. The lowest BCUT2D eigenvalue weighted by molar-refractivity contribution is 0.250. The molecule has 0 atom stereocenters. The van der Waals surface area contributed by atoms with Crippen molar-refractivity contribution in [1.29, 1.82) is 0 Å². The molecule has 1 fully saturated rings. The zero-order valence-corrected chi connectivity index (χ0v) is 14.9. The van der Waals surface area contributed by atoms with Gasteiger partial charge in [-0.3, -0.25) is 4.90 Å². The van der Waals surface area contributed by atoms with E-state index >= 15 is 0 Å². The molecule has 0 bridgehead atoms. The number of nitrogens with zero attached hydrogens (tertiary/aromatic N) is 2. The minimum Gasteiger partial charge on any atom is -0.369 e. The number of fused-ring (bicyclic) bond motifs is 1. The average Bonchev–Trinajstić information content (AvgIpc) is 3.06. The quantitative estimate of drug-likeness (QED) is 0.721. The van der Waals surface area contributed by atoms with Gasteiger partial charge in [-0.25, -0.2) is 0 Å². The maximum absolute atomic E-state index is 3.38. The van der Waals surface area contributed by atoms with Crippen molar-refractivity contribution in [1.82, 2.24) is 9.88 Å². The largest absolute Gasteiger partial charge is 0.369 e. The number of hydrogen-bond donors (Lipinski definition) is 1. The van der Waals surface area contributed by atoms with E-state index in [1.54, 1.807) is 11.8 Å². The van der Waals surface area contributed by atoms with Crippen LogP contribution in [-0.2, 0) is 6.54 Å². The molecule has 24 heavy (non-hydrogen) atoms. The summed E-state index contributed by atoms with van der Waals surface area (Å²) in [4.78, 5) is 9.77. The van der Waals surface area contributed by atoms with E-state index in [4.69, 9.17) is 0 Å². The topological polar surface area (TPSA) is 22.3 Å². The Bertz CT molecular complexity index is 801. The number of aromatic nitrogens is 1. The number of thioether (sulfide) groups is 1. The monoisotopic (exact) mass is 337 g/mol. The predicted octanol–water partition coefficient (Wildman–Crippen LogP) is 4.21. The molecule has 2 heterocycles. The molecule has 1 aliphatic heterocycles. The molecule has 2 aromatic carbocycles. The van der Waals surface area contributed by atoms with Gasteiger partial charge >= 0.3 is 0 Å².